The molecule has 5 nitrogen and oxygen atoms in total. The molecule has 0 radical (unpaired) electrons. The summed E-state index contributed by atoms with van der Waals surface area (Å²) < 4.78 is 4.27. The van der Waals surface area contributed by atoms with Crippen molar-refractivity contribution >= 4 is 21.9 Å². The van der Waals surface area contributed by atoms with E-state index in [1.807, 2.05) is 13.1 Å². The molecule has 0 atom stereocenters. The Hall–Kier alpha value is -1.56. The summed E-state index contributed by atoms with van der Waals surface area (Å²) in [5, 5.41) is 13.2. The predicted octanol–water partition coefficient (Wildman–Crippen LogP) is 2.15. The topological polar surface area (TPSA) is 60.0 Å². The zero-order chi connectivity index (χ0) is 12.4. The van der Waals surface area contributed by atoms with Gasteiger partial charge in [0.05, 0.1) is 12.7 Å². The summed E-state index contributed by atoms with van der Waals surface area (Å²) in [6.45, 7) is 3.20. The average molecular weight is 298 g/mol. The smallest absolute Gasteiger partial charge is 0.352 e. The molecule has 0 aliphatic rings. The second kappa shape index (κ2) is 4.75. The van der Waals surface area contributed by atoms with Crippen LogP contribution in [0.2, 0.25) is 0 Å². The van der Waals surface area contributed by atoms with Crippen molar-refractivity contribution in [2.75, 3.05) is 0 Å². The molecule has 90 valence electrons. The largest absolute Gasteiger partial charge is 0.477 e. The molecule has 0 amide bonds. The van der Waals surface area contributed by atoms with E-state index in [0.717, 1.165) is 10.0 Å². The van der Waals surface area contributed by atoms with Gasteiger partial charge in [0.2, 0.25) is 0 Å². The molecule has 2 heterocycles. The van der Waals surface area contributed by atoms with Crippen molar-refractivity contribution in [1.29, 1.82) is 0 Å². The van der Waals surface area contributed by atoms with Gasteiger partial charge in [0.25, 0.3) is 0 Å². The lowest BCUT2D eigenvalue weighted by Crippen LogP contribution is -2.12. The molecule has 0 aromatic carbocycles. The maximum atomic E-state index is 11.0. The van der Waals surface area contributed by atoms with Crippen molar-refractivity contribution in [2.24, 2.45) is 0 Å². The van der Waals surface area contributed by atoms with Gasteiger partial charge in [0.1, 0.15) is 5.69 Å². The van der Waals surface area contributed by atoms with Crippen LogP contribution in [0.15, 0.2) is 29.1 Å². The van der Waals surface area contributed by atoms with Crippen LogP contribution in [0.1, 0.15) is 16.1 Å². The first-order valence-electron chi connectivity index (χ1n) is 5.14. The second-order valence-electron chi connectivity index (χ2n) is 3.82. The van der Waals surface area contributed by atoms with Crippen molar-refractivity contribution in [1.82, 2.24) is 14.3 Å². The van der Waals surface area contributed by atoms with Crippen molar-refractivity contribution in [3.63, 3.8) is 0 Å². The highest BCUT2D eigenvalue weighted by Crippen LogP contribution is 2.15. The van der Waals surface area contributed by atoms with Crippen LogP contribution in [0.4, 0.5) is 0 Å². The molecule has 0 saturated carbocycles. The fraction of sp³-hybridized carbons (Fsp3) is 0.273. The van der Waals surface area contributed by atoms with Gasteiger partial charge in [-0.1, -0.05) is 0 Å². The summed E-state index contributed by atoms with van der Waals surface area (Å²) in [6, 6.07) is 1.59. The van der Waals surface area contributed by atoms with Crippen LogP contribution in [0.5, 0.6) is 0 Å². The third kappa shape index (κ3) is 2.76. The van der Waals surface area contributed by atoms with E-state index in [2.05, 4.69) is 21.0 Å². The number of aromatic carboxylic acids is 1. The molecular formula is C11H12BrN3O2. The van der Waals surface area contributed by atoms with Crippen LogP contribution in [0.25, 0.3) is 0 Å². The molecule has 0 unspecified atom stereocenters. The SMILES string of the molecule is Cc1cnn(CCn2cc(Br)cc2C(=O)O)c1. The van der Waals surface area contributed by atoms with E-state index in [9.17, 15) is 4.79 Å². The van der Waals surface area contributed by atoms with Crippen molar-refractivity contribution in [3.8, 4) is 0 Å². The summed E-state index contributed by atoms with van der Waals surface area (Å²) in [4.78, 5) is 11.0. The van der Waals surface area contributed by atoms with Gasteiger partial charge in [0.15, 0.2) is 0 Å². The third-order valence-corrected chi connectivity index (χ3v) is 2.85. The molecule has 0 aliphatic heterocycles. The van der Waals surface area contributed by atoms with E-state index in [-0.39, 0.29) is 5.69 Å². The number of aryl methyl sites for hydroxylation is 3. The summed E-state index contributed by atoms with van der Waals surface area (Å²) in [6.07, 6.45) is 5.47. The van der Waals surface area contributed by atoms with Crippen molar-refractivity contribution in [3.05, 3.63) is 40.4 Å². The molecule has 0 bridgehead atoms. The molecule has 0 saturated heterocycles. The molecule has 2 rings (SSSR count). The molecule has 2 aromatic rings. The zero-order valence-electron chi connectivity index (χ0n) is 9.30. The summed E-state index contributed by atoms with van der Waals surface area (Å²) in [5.41, 5.74) is 1.37. The Morgan fingerprint density at radius 1 is 1.47 bits per heavy atom. The van der Waals surface area contributed by atoms with Crippen LogP contribution in [0, 0.1) is 6.92 Å². The minimum Gasteiger partial charge on any atom is -0.477 e. The minimum atomic E-state index is -0.924. The number of aromatic nitrogens is 3. The number of hydrogen-bond acceptors (Lipinski definition) is 2. The van der Waals surface area contributed by atoms with Crippen LogP contribution >= 0.6 is 15.9 Å². The number of hydrogen-bond donors (Lipinski definition) is 1. The molecule has 6 heteroatoms. The van der Waals surface area contributed by atoms with E-state index < -0.39 is 5.97 Å². The van der Waals surface area contributed by atoms with E-state index in [1.54, 1.807) is 27.7 Å². The number of rotatable bonds is 4. The van der Waals surface area contributed by atoms with Crippen molar-refractivity contribution in [2.45, 2.75) is 20.0 Å². The van der Waals surface area contributed by atoms with Crippen LogP contribution in [-0.4, -0.2) is 25.4 Å². The van der Waals surface area contributed by atoms with Crippen LogP contribution < -0.4 is 0 Å². The Balaban J connectivity index is 2.11. The minimum absolute atomic E-state index is 0.278. The molecular weight excluding hydrogens is 286 g/mol. The summed E-state index contributed by atoms with van der Waals surface area (Å²) in [5.74, 6) is -0.924. The molecule has 0 fully saturated rings. The highest BCUT2D eigenvalue weighted by Gasteiger charge is 2.11. The average Bonchev–Trinajstić information content (AvgIpc) is 2.82. The van der Waals surface area contributed by atoms with Gasteiger partial charge in [-0.2, -0.15) is 5.10 Å². The highest BCUT2D eigenvalue weighted by molar-refractivity contribution is 9.10. The lowest BCUT2D eigenvalue weighted by molar-refractivity contribution is 0.0684. The highest BCUT2D eigenvalue weighted by atomic mass is 79.9. The fourth-order valence-electron chi connectivity index (χ4n) is 1.64. The molecule has 2 aromatic heterocycles. The van der Waals surface area contributed by atoms with Crippen molar-refractivity contribution < 1.29 is 9.90 Å². The number of nitrogens with zero attached hydrogens (tertiary/aromatic N) is 3. The fourth-order valence-corrected chi connectivity index (χ4v) is 2.10. The Morgan fingerprint density at radius 3 is 2.82 bits per heavy atom. The zero-order valence-corrected chi connectivity index (χ0v) is 10.9. The van der Waals surface area contributed by atoms with Gasteiger partial charge in [-0.25, -0.2) is 4.79 Å². The van der Waals surface area contributed by atoms with Crippen LogP contribution in [0.3, 0.4) is 0 Å². The molecule has 17 heavy (non-hydrogen) atoms. The first-order valence-corrected chi connectivity index (χ1v) is 5.93. The van der Waals surface area contributed by atoms with Crippen LogP contribution in [-0.2, 0) is 13.1 Å². The van der Waals surface area contributed by atoms with E-state index in [4.69, 9.17) is 5.11 Å². The van der Waals surface area contributed by atoms with Gasteiger partial charge in [0, 0.05) is 23.4 Å². The van der Waals surface area contributed by atoms with Gasteiger partial charge < -0.3 is 9.67 Å². The lowest BCUT2D eigenvalue weighted by atomic mass is 10.4. The Labute approximate surface area is 107 Å². The maximum Gasteiger partial charge on any atom is 0.352 e. The second-order valence-corrected chi connectivity index (χ2v) is 4.74. The third-order valence-electron chi connectivity index (χ3n) is 2.41. The van der Waals surface area contributed by atoms with Gasteiger partial charge in [-0.3, -0.25) is 4.68 Å². The maximum absolute atomic E-state index is 11.0. The van der Waals surface area contributed by atoms with E-state index in [1.165, 1.54) is 0 Å². The summed E-state index contributed by atoms with van der Waals surface area (Å²) >= 11 is 3.28. The standard InChI is InChI=1S/C11H12BrN3O2/c1-8-5-13-15(6-8)3-2-14-7-9(12)4-10(14)11(16)17/h4-7H,2-3H2,1H3,(H,16,17). The number of carbonyl (C=O) groups is 1. The first-order chi connectivity index (χ1) is 8.06. The molecule has 0 spiro atoms. The first kappa shape index (κ1) is 11.9. The number of carboxylic acid groups (broad SMARTS) is 1. The Morgan fingerprint density at radius 2 is 2.24 bits per heavy atom. The summed E-state index contributed by atoms with van der Waals surface area (Å²) in [7, 11) is 0. The van der Waals surface area contributed by atoms with Gasteiger partial charge >= 0.3 is 5.97 Å². The Bertz CT molecular complexity index is 545. The lowest BCUT2D eigenvalue weighted by Gasteiger charge is -2.06. The molecule has 0 aliphatic carbocycles. The molecule has 1 N–H and O–H groups in total. The number of carboxylic acids is 1. The Kier molecular flexibility index (Phi) is 3.33. The quantitative estimate of drug-likeness (QED) is 0.941. The predicted molar refractivity (Wildman–Crippen MR) is 66.1 cm³/mol. The van der Waals surface area contributed by atoms with E-state index in [0.29, 0.717) is 13.1 Å². The number of halogens is 1. The van der Waals surface area contributed by atoms with Gasteiger partial charge in [-0.05, 0) is 34.5 Å². The normalized spacial score (nSPS) is 10.7. The van der Waals surface area contributed by atoms with E-state index >= 15 is 0 Å². The monoisotopic (exact) mass is 297 g/mol. The van der Waals surface area contributed by atoms with Gasteiger partial charge in [-0.15, -0.1) is 0 Å².